The number of hydrogen-bond donors (Lipinski definition) is 0. The van der Waals surface area contributed by atoms with Gasteiger partial charge in [-0.15, -0.1) is 18.4 Å². The highest BCUT2D eigenvalue weighted by molar-refractivity contribution is 5.61. The summed E-state index contributed by atoms with van der Waals surface area (Å²) in [5, 5.41) is 0. The van der Waals surface area contributed by atoms with Gasteiger partial charge in [-0.25, -0.2) is 0 Å². The normalized spacial score (nSPS) is 9.78. The second kappa shape index (κ2) is 25.2. The number of hydrogen-bond acceptors (Lipinski definition) is 1. The number of rotatable bonds is 5. The van der Waals surface area contributed by atoms with E-state index in [1.165, 1.54) is 22.3 Å². The van der Waals surface area contributed by atoms with Crippen LogP contribution >= 0.6 is 0 Å². The molecule has 0 amide bonds. The maximum atomic E-state index is 4.39. The van der Waals surface area contributed by atoms with E-state index >= 15 is 0 Å². The van der Waals surface area contributed by atoms with E-state index in [2.05, 4.69) is 94.1 Å². The molecule has 0 saturated heterocycles. The average Bonchev–Trinajstić information content (AvgIpc) is 2.89. The summed E-state index contributed by atoms with van der Waals surface area (Å²) in [5.41, 5.74) is 8.49. The molecule has 1 aromatic carbocycles. The van der Waals surface area contributed by atoms with Crippen molar-refractivity contribution in [2.75, 3.05) is 0 Å². The number of pyridine rings is 1. The lowest BCUT2D eigenvalue weighted by atomic mass is 9.97. The van der Waals surface area contributed by atoms with Crippen LogP contribution in [0.3, 0.4) is 0 Å². The van der Waals surface area contributed by atoms with Gasteiger partial charge in [0.05, 0.1) is 0 Å². The van der Waals surface area contributed by atoms with Crippen molar-refractivity contribution in [1.29, 1.82) is 0 Å². The van der Waals surface area contributed by atoms with E-state index < -0.39 is 0 Å². The molecule has 0 aliphatic carbocycles. The predicted octanol–water partition coefficient (Wildman–Crippen LogP) is 11.1. The van der Waals surface area contributed by atoms with Gasteiger partial charge in [0.1, 0.15) is 0 Å². The Hall–Kier alpha value is -2.85. The number of aromatic nitrogens is 1. The first-order chi connectivity index (χ1) is 17.1. The summed E-state index contributed by atoms with van der Waals surface area (Å²) in [5.74, 6) is 6.59. The SMILES string of the molecule is C/C=C\C.C=C(C)CC.C=C(C)c1cc(C)nc(CC)c1.CC.CC#CCC(C)c1ccc(C)cc1. The van der Waals surface area contributed by atoms with Crippen LogP contribution in [0.2, 0.25) is 0 Å². The van der Waals surface area contributed by atoms with Gasteiger partial charge in [0.2, 0.25) is 0 Å². The Balaban J connectivity index is -0.000000435. The summed E-state index contributed by atoms with van der Waals surface area (Å²) in [6.07, 6.45) is 7.06. The van der Waals surface area contributed by atoms with Crippen LogP contribution in [0.15, 0.2) is 67.3 Å². The summed E-state index contributed by atoms with van der Waals surface area (Å²) < 4.78 is 0. The molecule has 0 radical (unpaired) electrons. The molecule has 0 spiro atoms. The van der Waals surface area contributed by atoms with Crippen molar-refractivity contribution in [3.63, 3.8) is 0 Å². The zero-order valence-electron chi connectivity index (χ0n) is 25.7. The zero-order chi connectivity index (χ0) is 28.5. The number of allylic oxidation sites excluding steroid dienone is 4. The Kier molecular flexibility index (Phi) is 26.4. The fraction of sp³-hybridized carbons (Fsp3) is 0.457. The molecule has 1 aromatic heterocycles. The first-order valence-electron chi connectivity index (χ1n) is 13.4. The third-order valence-electron chi connectivity index (χ3n) is 5.03. The summed E-state index contributed by atoms with van der Waals surface area (Å²) in [6.45, 7) is 32.1. The van der Waals surface area contributed by atoms with Crippen LogP contribution in [0.1, 0.15) is 116 Å². The van der Waals surface area contributed by atoms with E-state index in [1.54, 1.807) is 0 Å². The Labute approximate surface area is 225 Å². The van der Waals surface area contributed by atoms with Crippen LogP contribution in [0, 0.1) is 25.7 Å². The van der Waals surface area contributed by atoms with Crippen LogP contribution in [0.25, 0.3) is 5.57 Å². The highest BCUT2D eigenvalue weighted by Crippen LogP contribution is 2.18. The van der Waals surface area contributed by atoms with Gasteiger partial charge < -0.3 is 0 Å². The molecule has 0 aliphatic rings. The molecule has 200 valence electrons. The molecule has 2 aromatic rings. The molecule has 36 heavy (non-hydrogen) atoms. The van der Waals surface area contributed by atoms with Gasteiger partial charge in [0.25, 0.3) is 0 Å². The number of benzene rings is 1. The molecule has 1 atom stereocenters. The minimum absolute atomic E-state index is 0.549. The van der Waals surface area contributed by atoms with Gasteiger partial charge in [-0.2, -0.15) is 0 Å². The second-order valence-corrected chi connectivity index (χ2v) is 8.54. The molecule has 1 heterocycles. The topological polar surface area (TPSA) is 12.9 Å². The van der Waals surface area contributed by atoms with Gasteiger partial charge in [0, 0.05) is 17.8 Å². The Bertz CT molecular complexity index is 913. The number of nitrogens with zero attached hydrogens (tertiary/aromatic N) is 1. The van der Waals surface area contributed by atoms with Crippen LogP contribution in [-0.2, 0) is 6.42 Å². The van der Waals surface area contributed by atoms with Crippen molar-refractivity contribution < 1.29 is 0 Å². The molecule has 1 heteroatoms. The third-order valence-corrected chi connectivity index (χ3v) is 5.03. The van der Waals surface area contributed by atoms with Gasteiger partial charge in [-0.3, -0.25) is 4.98 Å². The minimum atomic E-state index is 0.549. The molecular weight excluding hydrogens is 434 g/mol. The van der Waals surface area contributed by atoms with Crippen LogP contribution in [-0.4, -0.2) is 4.98 Å². The molecule has 1 nitrogen and oxygen atoms in total. The lowest BCUT2D eigenvalue weighted by Gasteiger charge is -2.07. The van der Waals surface area contributed by atoms with Crippen molar-refractivity contribution in [1.82, 2.24) is 4.98 Å². The minimum Gasteiger partial charge on any atom is -0.258 e. The Morgan fingerprint density at radius 1 is 0.972 bits per heavy atom. The molecule has 0 saturated carbocycles. The maximum Gasteiger partial charge on any atom is 0.0410 e. The molecule has 0 N–H and O–H groups in total. The van der Waals surface area contributed by atoms with E-state index in [4.69, 9.17) is 0 Å². The first kappa shape index (κ1) is 37.7. The predicted molar refractivity (Wildman–Crippen MR) is 168 cm³/mol. The molecule has 0 fully saturated rings. The molecular formula is C35H55N. The van der Waals surface area contributed by atoms with Gasteiger partial charge >= 0.3 is 0 Å². The van der Waals surface area contributed by atoms with Crippen molar-refractivity contribution >= 4 is 5.57 Å². The third kappa shape index (κ3) is 21.7. The molecule has 1 unspecified atom stereocenters. The number of aryl methyl sites for hydroxylation is 3. The quantitative estimate of drug-likeness (QED) is 0.300. The second-order valence-electron chi connectivity index (χ2n) is 8.54. The largest absolute Gasteiger partial charge is 0.258 e. The molecule has 2 rings (SSSR count). The maximum absolute atomic E-state index is 4.39. The highest BCUT2D eigenvalue weighted by atomic mass is 14.7. The van der Waals surface area contributed by atoms with E-state index in [0.717, 1.165) is 36.2 Å². The fourth-order valence-electron chi connectivity index (χ4n) is 2.43. The van der Waals surface area contributed by atoms with Crippen LogP contribution in [0.5, 0.6) is 0 Å². The first-order valence-corrected chi connectivity index (χ1v) is 13.4. The highest BCUT2D eigenvalue weighted by Gasteiger charge is 2.02. The van der Waals surface area contributed by atoms with E-state index in [9.17, 15) is 0 Å². The van der Waals surface area contributed by atoms with E-state index in [-0.39, 0.29) is 0 Å². The smallest absolute Gasteiger partial charge is 0.0410 e. The standard InChI is InChI=1S/C13H16.C11H15N.C5H10.C4H8.C2H6/c1-4-5-6-12(3)13-9-7-11(2)8-10-13;1-5-11-7-10(8(2)3)6-9(4)12-11;1-4-5(2)3;1-3-4-2;1-2/h7-10,12H,6H2,1-3H3;6-7H,2,5H2,1,3-4H3;2,4H2,1,3H3;3-4H,1-2H3;1-2H3/b;;;4-3-;. The van der Waals surface area contributed by atoms with E-state index in [0.29, 0.717) is 5.92 Å². The van der Waals surface area contributed by atoms with Crippen molar-refractivity contribution in [3.8, 4) is 11.8 Å². The fourth-order valence-corrected chi connectivity index (χ4v) is 2.43. The van der Waals surface area contributed by atoms with Gasteiger partial charge in [0.15, 0.2) is 0 Å². The van der Waals surface area contributed by atoms with Crippen molar-refractivity contribution in [2.24, 2.45) is 0 Å². The summed E-state index contributed by atoms with van der Waals surface area (Å²) in [4.78, 5) is 4.39. The Morgan fingerprint density at radius 3 is 1.83 bits per heavy atom. The van der Waals surface area contributed by atoms with E-state index in [1.807, 2.05) is 67.5 Å². The van der Waals surface area contributed by atoms with Crippen LogP contribution < -0.4 is 0 Å². The van der Waals surface area contributed by atoms with Gasteiger partial charge in [-0.05, 0) is 90.5 Å². The van der Waals surface area contributed by atoms with Crippen molar-refractivity contribution in [2.45, 2.75) is 108 Å². The summed E-state index contributed by atoms with van der Waals surface area (Å²) in [6, 6.07) is 12.9. The van der Waals surface area contributed by atoms with Crippen LogP contribution in [0.4, 0.5) is 0 Å². The van der Waals surface area contributed by atoms with Gasteiger partial charge in [-0.1, -0.05) is 94.3 Å². The Morgan fingerprint density at radius 2 is 1.47 bits per heavy atom. The summed E-state index contributed by atoms with van der Waals surface area (Å²) in [7, 11) is 0. The molecule has 0 bridgehead atoms. The lowest BCUT2D eigenvalue weighted by molar-refractivity contribution is 0.795. The zero-order valence-corrected chi connectivity index (χ0v) is 25.7. The average molecular weight is 490 g/mol. The molecule has 0 aliphatic heterocycles. The summed E-state index contributed by atoms with van der Waals surface area (Å²) >= 11 is 0. The van der Waals surface area contributed by atoms with Crippen molar-refractivity contribution in [3.05, 3.63) is 95.4 Å². The monoisotopic (exact) mass is 489 g/mol. The lowest BCUT2D eigenvalue weighted by Crippen LogP contribution is -1.92.